The first-order valence-electron chi connectivity index (χ1n) is 9.85. The summed E-state index contributed by atoms with van der Waals surface area (Å²) in [6.45, 7) is 1.92. The lowest BCUT2D eigenvalue weighted by Crippen LogP contribution is -3.09. The van der Waals surface area contributed by atoms with Gasteiger partial charge in [0, 0.05) is 36.5 Å². The maximum atomic E-state index is 5.90. The van der Waals surface area contributed by atoms with E-state index >= 15 is 0 Å². The number of hydrogen-bond donors (Lipinski definition) is 1. The minimum Gasteiger partial charge on any atom is -0.309 e. The zero-order valence-corrected chi connectivity index (χ0v) is 17.6. The van der Waals surface area contributed by atoms with E-state index in [1.165, 1.54) is 22.6 Å². The van der Waals surface area contributed by atoms with Crippen molar-refractivity contribution >= 4 is 23.6 Å². The molecule has 2 atom stereocenters. The van der Waals surface area contributed by atoms with Crippen LogP contribution in [0.25, 0.3) is 17.1 Å². The van der Waals surface area contributed by atoms with Crippen LogP contribution in [0.2, 0.25) is 0 Å². The third kappa shape index (κ3) is 3.57. The predicted molar refractivity (Wildman–Crippen MR) is 118 cm³/mol. The Bertz CT molecular complexity index is 1130. The third-order valence-corrected chi connectivity index (χ3v) is 6.88. The molecule has 4 heterocycles. The van der Waals surface area contributed by atoms with Crippen molar-refractivity contribution in [3.8, 4) is 17.1 Å². The highest BCUT2D eigenvalue weighted by Gasteiger charge is 2.31. The fourth-order valence-electron chi connectivity index (χ4n) is 4.13. The van der Waals surface area contributed by atoms with Gasteiger partial charge in [-0.15, -0.1) is 16.4 Å². The molecule has 1 saturated heterocycles. The van der Waals surface area contributed by atoms with Crippen LogP contribution < -0.4 is 4.90 Å². The summed E-state index contributed by atoms with van der Waals surface area (Å²) in [5.41, 5.74) is 1.99. The Morgan fingerprint density at radius 2 is 2.00 bits per heavy atom. The lowest BCUT2D eigenvalue weighted by Gasteiger charge is -2.20. The van der Waals surface area contributed by atoms with Gasteiger partial charge in [-0.2, -0.15) is 4.68 Å². The Balaban J connectivity index is 1.56. The molecule has 0 radical (unpaired) electrons. The highest BCUT2D eigenvalue weighted by atomic mass is 32.1. The molecule has 0 spiro atoms. The van der Waals surface area contributed by atoms with Gasteiger partial charge in [0.15, 0.2) is 12.5 Å². The molecule has 0 amide bonds. The summed E-state index contributed by atoms with van der Waals surface area (Å²) in [6, 6.07) is 19.1. The molecule has 0 bridgehead atoms. The summed E-state index contributed by atoms with van der Waals surface area (Å²) in [5, 5.41) is 7.12. The van der Waals surface area contributed by atoms with E-state index in [2.05, 4.69) is 39.2 Å². The topological polar surface area (TPSA) is 40.1 Å². The molecule has 5 rings (SSSR count). The molecule has 1 aliphatic rings. The second kappa shape index (κ2) is 8.02. The van der Waals surface area contributed by atoms with Crippen LogP contribution in [-0.4, -0.2) is 25.9 Å². The largest absolute Gasteiger partial charge is 0.309 e. The second-order valence-corrected chi connectivity index (χ2v) is 8.64. The van der Waals surface area contributed by atoms with Gasteiger partial charge in [0.05, 0.1) is 11.4 Å². The monoisotopic (exact) mass is 420 g/mol. The zero-order chi connectivity index (χ0) is 19.6. The first-order valence-corrected chi connectivity index (χ1v) is 11.1. The lowest BCUT2D eigenvalue weighted by molar-refractivity contribution is -0.941. The van der Waals surface area contributed by atoms with E-state index in [1.807, 2.05) is 52.5 Å². The van der Waals surface area contributed by atoms with Crippen LogP contribution in [0.4, 0.5) is 0 Å². The van der Waals surface area contributed by atoms with Crippen molar-refractivity contribution in [2.24, 2.45) is 0 Å². The molecule has 1 aliphatic heterocycles. The van der Waals surface area contributed by atoms with Crippen LogP contribution in [0.15, 0.2) is 72.4 Å². The summed E-state index contributed by atoms with van der Waals surface area (Å²) in [6.07, 6.45) is 6.08. The van der Waals surface area contributed by atoms with Gasteiger partial charge in [-0.05, 0) is 47.9 Å². The number of para-hydroxylation sites is 1. The number of aromatic nitrogens is 4. The fraction of sp³-hybridized carbons (Fsp3) is 0.227. The highest BCUT2D eigenvalue weighted by molar-refractivity contribution is 7.71. The number of hydrogen-bond acceptors (Lipinski definition) is 4. The van der Waals surface area contributed by atoms with E-state index < -0.39 is 0 Å². The first-order chi connectivity index (χ1) is 14.3. The number of rotatable bonds is 5. The Morgan fingerprint density at radius 1 is 1.10 bits per heavy atom. The van der Waals surface area contributed by atoms with Gasteiger partial charge in [0.2, 0.25) is 4.77 Å². The van der Waals surface area contributed by atoms with Crippen LogP contribution in [0.1, 0.15) is 23.8 Å². The molecule has 0 saturated carbocycles. The van der Waals surface area contributed by atoms with Gasteiger partial charge in [-0.1, -0.05) is 24.3 Å². The number of quaternary nitrogens is 1. The van der Waals surface area contributed by atoms with Gasteiger partial charge in [-0.25, -0.2) is 0 Å². The van der Waals surface area contributed by atoms with E-state index in [4.69, 9.17) is 17.3 Å². The van der Waals surface area contributed by atoms with Gasteiger partial charge >= 0.3 is 0 Å². The van der Waals surface area contributed by atoms with Crippen LogP contribution in [0, 0.1) is 4.77 Å². The molecule has 7 heteroatoms. The molecule has 3 aromatic heterocycles. The number of benzene rings is 1. The number of pyridine rings is 1. The standard InChI is InChI=1S/C22H21N5S2/c28-22-26(16-25-13-5-10-19(25)20-11-6-14-29-20)24-21(17-7-4-12-23-15-17)27(22)18-8-2-1-3-9-18/h1-4,6-9,11-12,14-15,19H,5,10,13,16H2/p+1/t19-/m0/s1. The maximum absolute atomic E-state index is 5.90. The van der Waals surface area contributed by atoms with Crippen LogP contribution >= 0.6 is 23.6 Å². The molecule has 1 fully saturated rings. The molecule has 146 valence electrons. The SMILES string of the molecule is S=c1n(C[NH+]2CCC[C@H]2c2cccs2)nc(-c2cccnc2)n1-c1ccccc1. The molecule has 1 aromatic carbocycles. The molecule has 1 unspecified atom stereocenters. The third-order valence-electron chi connectivity index (χ3n) is 5.50. The van der Waals surface area contributed by atoms with Crippen molar-refractivity contribution in [2.45, 2.75) is 25.6 Å². The summed E-state index contributed by atoms with van der Waals surface area (Å²) in [5.74, 6) is 0.834. The summed E-state index contributed by atoms with van der Waals surface area (Å²) < 4.78 is 4.77. The van der Waals surface area contributed by atoms with Gasteiger partial charge in [0.25, 0.3) is 0 Å². The molecule has 29 heavy (non-hydrogen) atoms. The van der Waals surface area contributed by atoms with Gasteiger partial charge in [-0.3, -0.25) is 9.55 Å². The van der Waals surface area contributed by atoms with Crippen molar-refractivity contribution in [3.63, 3.8) is 0 Å². The first kappa shape index (κ1) is 18.4. The van der Waals surface area contributed by atoms with E-state index in [9.17, 15) is 0 Å². The number of nitrogens with one attached hydrogen (secondary N) is 1. The van der Waals surface area contributed by atoms with E-state index in [0.717, 1.165) is 35.1 Å². The fourth-order valence-corrected chi connectivity index (χ4v) is 5.35. The summed E-state index contributed by atoms with van der Waals surface area (Å²) in [7, 11) is 0. The molecule has 4 aromatic rings. The molecular weight excluding hydrogens is 398 g/mol. The van der Waals surface area contributed by atoms with Crippen molar-refractivity contribution in [1.29, 1.82) is 0 Å². The van der Waals surface area contributed by atoms with Crippen molar-refractivity contribution in [3.05, 3.63) is 82.0 Å². The highest BCUT2D eigenvalue weighted by Crippen LogP contribution is 2.24. The van der Waals surface area contributed by atoms with Gasteiger partial charge in [0.1, 0.15) is 6.04 Å². The van der Waals surface area contributed by atoms with Crippen LogP contribution in [-0.2, 0) is 6.67 Å². The Labute approximate surface area is 178 Å². The van der Waals surface area contributed by atoms with Crippen LogP contribution in [0.3, 0.4) is 0 Å². The number of thiophene rings is 1. The maximum Gasteiger partial charge on any atom is 0.207 e. The normalized spacial score (nSPS) is 18.9. The lowest BCUT2D eigenvalue weighted by atomic mass is 10.2. The van der Waals surface area contributed by atoms with E-state index in [0.29, 0.717) is 6.04 Å². The smallest absolute Gasteiger partial charge is 0.207 e. The quantitative estimate of drug-likeness (QED) is 0.498. The number of nitrogens with zero attached hydrogens (tertiary/aromatic N) is 4. The molecule has 5 nitrogen and oxygen atoms in total. The van der Waals surface area contributed by atoms with Crippen LogP contribution in [0.5, 0.6) is 0 Å². The minimum absolute atomic E-state index is 0.528. The van der Waals surface area contributed by atoms with E-state index in [1.54, 1.807) is 6.20 Å². The van der Waals surface area contributed by atoms with Gasteiger partial charge < -0.3 is 4.90 Å². The Morgan fingerprint density at radius 3 is 2.76 bits per heavy atom. The summed E-state index contributed by atoms with van der Waals surface area (Å²) >= 11 is 7.75. The average Bonchev–Trinajstić information content (AvgIpc) is 3.51. The van der Waals surface area contributed by atoms with E-state index in [-0.39, 0.29) is 0 Å². The van der Waals surface area contributed by atoms with Crippen molar-refractivity contribution in [2.75, 3.05) is 6.54 Å². The zero-order valence-electron chi connectivity index (χ0n) is 15.9. The number of likely N-dealkylation sites (tertiary alicyclic amines) is 1. The Hall–Kier alpha value is -2.61. The van der Waals surface area contributed by atoms with Crippen molar-refractivity contribution in [1.82, 2.24) is 19.3 Å². The second-order valence-electron chi connectivity index (χ2n) is 7.29. The predicted octanol–water partition coefficient (Wildman–Crippen LogP) is 3.90. The molecular formula is C22H22N5S2+. The Kier molecular flexibility index (Phi) is 5.10. The van der Waals surface area contributed by atoms with Crippen molar-refractivity contribution < 1.29 is 4.90 Å². The molecule has 0 aliphatic carbocycles. The summed E-state index contributed by atoms with van der Waals surface area (Å²) in [4.78, 5) is 7.27. The average molecular weight is 421 g/mol. The molecule has 1 N–H and O–H groups in total. The minimum atomic E-state index is 0.528.